The van der Waals surface area contributed by atoms with Crippen molar-refractivity contribution in [3.63, 3.8) is 0 Å². The van der Waals surface area contributed by atoms with Gasteiger partial charge >= 0.3 is 0 Å². The Kier molecular flexibility index (Phi) is 5.71. The number of methoxy groups -OCH3 is 1. The third-order valence-electron chi connectivity index (χ3n) is 4.46. The minimum absolute atomic E-state index is 0.738. The highest BCUT2D eigenvalue weighted by Gasteiger charge is 2.24. The van der Waals surface area contributed by atoms with Gasteiger partial charge in [-0.05, 0) is 43.5 Å². The second kappa shape index (κ2) is 7.54. The number of hydrogen-bond acceptors (Lipinski definition) is 2. The molecule has 19 heavy (non-hydrogen) atoms. The molecule has 1 aliphatic carbocycles. The molecule has 1 N–H and O–H groups in total. The number of benzene rings is 1. The topological polar surface area (TPSA) is 21.3 Å². The van der Waals surface area contributed by atoms with Crippen molar-refractivity contribution in [3.8, 4) is 5.75 Å². The van der Waals surface area contributed by atoms with Crippen LogP contribution in [-0.4, -0.2) is 20.7 Å². The van der Waals surface area contributed by atoms with Crippen molar-refractivity contribution in [1.29, 1.82) is 0 Å². The Labute approximate surface area is 117 Å². The molecular formula is C17H27NO. The summed E-state index contributed by atoms with van der Waals surface area (Å²) in [7, 11) is 3.84. The molecule has 0 saturated heterocycles. The zero-order valence-corrected chi connectivity index (χ0v) is 12.3. The summed E-state index contributed by atoms with van der Waals surface area (Å²) in [6, 6.07) is 8.46. The van der Waals surface area contributed by atoms with Crippen molar-refractivity contribution in [1.82, 2.24) is 5.32 Å². The van der Waals surface area contributed by atoms with Gasteiger partial charge in [-0.3, -0.25) is 0 Å². The standard InChI is InChI=1S/C17H27NO/c1-18-13-16(14-8-4-3-5-9-14)12-15-10-6-7-11-17(15)19-2/h6-7,10-11,14,16,18H,3-5,8-9,12-13H2,1-2H3. The van der Waals surface area contributed by atoms with E-state index in [2.05, 4.69) is 36.6 Å². The number of nitrogens with one attached hydrogen (secondary N) is 1. The fourth-order valence-electron chi connectivity index (χ4n) is 3.43. The maximum absolute atomic E-state index is 5.49. The summed E-state index contributed by atoms with van der Waals surface area (Å²) in [5.41, 5.74) is 1.36. The molecule has 106 valence electrons. The monoisotopic (exact) mass is 261 g/mol. The Bertz CT molecular complexity index is 371. The van der Waals surface area contributed by atoms with Gasteiger partial charge in [-0.1, -0.05) is 50.3 Å². The fourth-order valence-corrected chi connectivity index (χ4v) is 3.43. The lowest BCUT2D eigenvalue weighted by Crippen LogP contribution is -2.29. The molecule has 0 aliphatic heterocycles. The molecule has 0 bridgehead atoms. The molecule has 2 rings (SSSR count). The summed E-state index contributed by atoms with van der Waals surface area (Å²) in [5, 5.41) is 3.38. The number of rotatable bonds is 6. The van der Waals surface area contributed by atoms with Crippen LogP contribution in [0.15, 0.2) is 24.3 Å². The summed E-state index contributed by atoms with van der Waals surface area (Å²) in [6.07, 6.45) is 8.20. The van der Waals surface area contributed by atoms with Gasteiger partial charge in [0, 0.05) is 0 Å². The molecular weight excluding hydrogens is 234 g/mol. The van der Waals surface area contributed by atoms with Gasteiger partial charge in [0.25, 0.3) is 0 Å². The molecule has 0 radical (unpaired) electrons. The lowest BCUT2D eigenvalue weighted by molar-refractivity contribution is 0.241. The largest absolute Gasteiger partial charge is 0.496 e. The van der Waals surface area contributed by atoms with E-state index < -0.39 is 0 Å². The molecule has 0 aromatic heterocycles. The SMILES string of the molecule is CNCC(Cc1ccccc1OC)C1CCCCC1. The first-order chi connectivity index (χ1) is 9.35. The van der Waals surface area contributed by atoms with Crippen LogP contribution in [0.2, 0.25) is 0 Å². The van der Waals surface area contributed by atoms with Gasteiger partial charge < -0.3 is 10.1 Å². The quantitative estimate of drug-likeness (QED) is 0.844. The van der Waals surface area contributed by atoms with Crippen LogP contribution in [0.5, 0.6) is 5.75 Å². The van der Waals surface area contributed by atoms with E-state index in [1.54, 1.807) is 7.11 Å². The molecule has 1 aromatic rings. The summed E-state index contributed by atoms with van der Waals surface area (Å²) in [6.45, 7) is 1.11. The van der Waals surface area contributed by atoms with Crippen LogP contribution < -0.4 is 10.1 Å². The Morgan fingerprint density at radius 1 is 1.21 bits per heavy atom. The van der Waals surface area contributed by atoms with Crippen LogP contribution in [0.25, 0.3) is 0 Å². The van der Waals surface area contributed by atoms with E-state index in [1.165, 1.54) is 37.7 Å². The van der Waals surface area contributed by atoms with Crippen LogP contribution in [0.4, 0.5) is 0 Å². The highest BCUT2D eigenvalue weighted by molar-refractivity contribution is 5.33. The van der Waals surface area contributed by atoms with Crippen LogP contribution in [0.3, 0.4) is 0 Å². The zero-order valence-electron chi connectivity index (χ0n) is 12.3. The van der Waals surface area contributed by atoms with Crippen molar-refractivity contribution in [2.24, 2.45) is 11.8 Å². The summed E-state index contributed by atoms with van der Waals surface area (Å²) in [5.74, 6) is 2.66. The average Bonchev–Trinajstić information content (AvgIpc) is 2.48. The summed E-state index contributed by atoms with van der Waals surface area (Å²) in [4.78, 5) is 0. The first-order valence-electron chi connectivity index (χ1n) is 7.61. The van der Waals surface area contributed by atoms with E-state index in [-0.39, 0.29) is 0 Å². The third kappa shape index (κ3) is 3.97. The maximum atomic E-state index is 5.49. The van der Waals surface area contributed by atoms with Crippen LogP contribution in [0, 0.1) is 11.8 Å². The van der Waals surface area contributed by atoms with Crippen molar-refractivity contribution in [3.05, 3.63) is 29.8 Å². The van der Waals surface area contributed by atoms with Gasteiger partial charge in [-0.15, -0.1) is 0 Å². The van der Waals surface area contributed by atoms with Gasteiger partial charge in [0.15, 0.2) is 0 Å². The van der Waals surface area contributed by atoms with Crippen molar-refractivity contribution >= 4 is 0 Å². The van der Waals surface area contributed by atoms with Gasteiger partial charge in [0.1, 0.15) is 5.75 Å². The fraction of sp³-hybridized carbons (Fsp3) is 0.647. The first-order valence-corrected chi connectivity index (χ1v) is 7.61. The number of hydrogen-bond donors (Lipinski definition) is 1. The van der Waals surface area contributed by atoms with Crippen molar-refractivity contribution in [2.45, 2.75) is 38.5 Å². The summed E-state index contributed by atoms with van der Waals surface area (Å²) >= 11 is 0. The molecule has 1 atom stereocenters. The van der Waals surface area contributed by atoms with Gasteiger partial charge in [-0.2, -0.15) is 0 Å². The van der Waals surface area contributed by atoms with Gasteiger partial charge in [-0.25, -0.2) is 0 Å². The van der Waals surface area contributed by atoms with Gasteiger partial charge in [0.05, 0.1) is 7.11 Å². The van der Waals surface area contributed by atoms with Gasteiger partial charge in [0.2, 0.25) is 0 Å². The summed E-state index contributed by atoms with van der Waals surface area (Å²) < 4.78 is 5.49. The molecule has 2 nitrogen and oxygen atoms in total. The Balaban J connectivity index is 2.06. The van der Waals surface area contributed by atoms with E-state index in [9.17, 15) is 0 Å². The smallest absolute Gasteiger partial charge is 0.122 e. The van der Waals surface area contributed by atoms with Crippen molar-refractivity contribution < 1.29 is 4.74 Å². The maximum Gasteiger partial charge on any atom is 0.122 e. The first kappa shape index (κ1) is 14.4. The molecule has 1 saturated carbocycles. The van der Waals surface area contributed by atoms with E-state index in [4.69, 9.17) is 4.74 Å². The minimum atomic E-state index is 0.738. The predicted molar refractivity (Wildman–Crippen MR) is 80.7 cm³/mol. The lowest BCUT2D eigenvalue weighted by Gasteiger charge is -2.30. The Morgan fingerprint density at radius 3 is 2.63 bits per heavy atom. The molecule has 1 fully saturated rings. The molecule has 1 aliphatic rings. The molecule has 0 amide bonds. The predicted octanol–water partition coefficient (Wildman–Crippen LogP) is 3.65. The van der Waals surface area contributed by atoms with Crippen LogP contribution in [0.1, 0.15) is 37.7 Å². The Hall–Kier alpha value is -1.02. The minimum Gasteiger partial charge on any atom is -0.496 e. The normalized spacial score (nSPS) is 18.2. The molecule has 1 unspecified atom stereocenters. The van der Waals surface area contributed by atoms with E-state index in [1.807, 2.05) is 0 Å². The Morgan fingerprint density at radius 2 is 1.95 bits per heavy atom. The molecule has 0 spiro atoms. The van der Waals surface area contributed by atoms with Crippen molar-refractivity contribution in [2.75, 3.05) is 20.7 Å². The zero-order chi connectivity index (χ0) is 13.5. The average molecular weight is 261 g/mol. The highest BCUT2D eigenvalue weighted by atomic mass is 16.5. The molecule has 2 heteroatoms. The molecule has 1 aromatic carbocycles. The van der Waals surface area contributed by atoms with E-state index >= 15 is 0 Å². The lowest BCUT2D eigenvalue weighted by atomic mass is 9.77. The molecule has 0 heterocycles. The van der Waals surface area contributed by atoms with Crippen LogP contribution in [-0.2, 0) is 6.42 Å². The second-order valence-electron chi connectivity index (χ2n) is 5.73. The third-order valence-corrected chi connectivity index (χ3v) is 4.46. The second-order valence-corrected chi connectivity index (χ2v) is 5.73. The van der Waals surface area contributed by atoms with E-state index in [0.717, 1.165) is 30.6 Å². The number of ether oxygens (including phenoxy) is 1. The highest BCUT2D eigenvalue weighted by Crippen LogP contribution is 2.33. The van der Waals surface area contributed by atoms with Crippen LogP contribution >= 0.6 is 0 Å². The number of para-hydroxylation sites is 1. The van der Waals surface area contributed by atoms with E-state index in [0.29, 0.717) is 0 Å².